The van der Waals surface area contributed by atoms with Crippen molar-refractivity contribution in [3.63, 3.8) is 0 Å². The number of hydrogen-bond acceptors (Lipinski definition) is 4. The lowest BCUT2D eigenvalue weighted by Gasteiger charge is -2.13. The first-order chi connectivity index (χ1) is 9.15. The van der Waals surface area contributed by atoms with E-state index in [1.54, 1.807) is 6.33 Å². The first-order valence-corrected chi connectivity index (χ1v) is 6.58. The first kappa shape index (κ1) is 13.6. The zero-order valence-corrected chi connectivity index (χ0v) is 12.0. The van der Waals surface area contributed by atoms with Crippen LogP contribution in [0.5, 0.6) is 0 Å². The van der Waals surface area contributed by atoms with Gasteiger partial charge in [0, 0.05) is 23.3 Å². The summed E-state index contributed by atoms with van der Waals surface area (Å²) in [7, 11) is 1.86. The van der Waals surface area contributed by atoms with Crippen molar-refractivity contribution in [1.82, 2.24) is 9.97 Å². The van der Waals surface area contributed by atoms with Gasteiger partial charge in [0.15, 0.2) is 0 Å². The maximum Gasteiger partial charge on any atom is 0.139 e. The molecule has 0 aliphatic heterocycles. The smallest absolute Gasteiger partial charge is 0.139 e. The summed E-state index contributed by atoms with van der Waals surface area (Å²) in [6.07, 6.45) is 2.39. The largest absolute Gasteiger partial charge is 0.373 e. The van der Waals surface area contributed by atoms with Gasteiger partial charge in [-0.05, 0) is 31.0 Å². The summed E-state index contributed by atoms with van der Waals surface area (Å²) in [5.74, 6) is 1.65. The Balaban J connectivity index is 2.35. The van der Waals surface area contributed by atoms with Crippen LogP contribution in [0.4, 0.5) is 17.3 Å². The van der Waals surface area contributed by atoms with Crippen molar-refractivity contribution in [2.75, 3.05) is 17.7 Å². The molecule has 2 aromatic rings. The minimum atomic E-state index is 0.742. The summed E-state index contributed by atoms with van der Waals surface area (Å²) in [5.41, 5.74) is 3.04. The molecule has 4 nitrogen and oxygen atoms in total. The number of nitrogens with zero attached hydrogens (tertiary/aromatic N) is 2. The lowest BCUT2D eigenvalue weighted by Crippen LogP contribution is -2.04. The number of halogens is 1. The molecular weight excluding hydrogens is 260 g/mol. The van der Waals surface area contributed by atoms with Crippen molar-refractivity contribution in [2.24, 2.45) is 0 Å². The molecule has 0 fully saturated rings. The fourth-order valence-electron chi connectivity index (χ4n) is 1.88. The minimum absolute atomic E-state index is 0.742. The Morgan fingerprint density at radius 3 is 2.58 bits per heavy atom. The third-order valence-corrected chi connectivity index (χ3v) is 3.38. The van der Waals surface area contributed by atoms with Crippen LogP contribution in [-0.2, 0) is 6.42 Å². The van der Waals surface area contributed by atoms with Gasteiger partial charge in [0.05, 0.1) is 0 Å². The van der Waals surface area contributed by atoms with Crippen LogP contribution in [0, 0.1) is 6.92 Å². The second-order valence-corrected chi connectivity index (χ2v) is 4.65. The van der Waals surface area contributed by atoms with Gasteiger partial charge in [-0.25, -0.2) is 9.97 Å². The van der Waals surface area contributed by atoms with Crippen LogP contribution >= 0.6 is 11.6 Å². The highest BCUT2D eigenvalue weighted by molar-refractivity contribution is 6.31. The van der Waals surface area contributed by atoms with E-state index in [9.17, 15) is 0 Å². The first-order valence-electron chi connectivity index (χ1n) is 6.20. The Morgan fingerprint density at radius 2 is 1.95 bits per heavy atom. The van der Waals surface area contributed by atoms with Crippen LogP contribution in [0.3, 0.4) is 0 Å². The molecule has 2 rings (SSSR count). The quantitative estimate of drug-likeness (QED) is 0.892. The molecule has 0 spiro atoms. The maximum atomic E-state index is 6.13. The standard InChI is InChI=1S/C14H17ClN4/c1-4-11-13(16-3)17-8-18-14(11)19-10-6-5-9(2)12(15)7-10/h5-8H,4H2,1-3H3,(H2,16,17,18,19). The summed E-state index contributed by atoms with van der Waals surface area (Å²) < 4.78 is 0. The van der Waals surface area contributed by atoms with E-state index in [1.165, 1.54) is 0 Å². The van der Waals surface area contributed by atoms with E-state index in [0.29, 0.717) is 0 Å². The molecule has 0 unspecified atom stereocenters. The zero-order valence-electron chi connectivity index (χ0n) is 11.3. The second-order valence-electron chi connectivity index (χ2n) is 4.24. The van der Waals surface area contributed by atoms with Crippen molar-refractivity contribution in [2.45, 2.75) is 20.3 Å². The van der Waals surface area contributed by atoms with Crippen molar-refractivity contribution in [1.29, 1.82) is 0 Å². The highest BCUT2D eigenvalue weighted by atomic mass is 35.5. The zero-order chi connectivity index (χ0) is 13.8. The average Bonchev–Trinajstić information content (AvgIpc) is 2.42. The monoisotopic (exact) mass is 276 g/mol. The number of benzene rings is 1. The topological polar surface area (TPSA) is 49.8 Å². The molecule has 1 aromatic carbocycles. The number of nitrogens with one attached hydrogen (secondary N) is 2. The molecule has 100 valence electrons. The molecule has 0 saturated carbocycles. The summed E-state index contributed by atoms with van der Waals surface area (Å²) in [5, 5.41) is 7.11. The van der Waals surface area contributed by atoms with E-state index in [4.69, 9.17) is 11.6 Å². The molecule has 0 aliphatic carbocycles. The number of rotatable bonds is 4. The second kappa shape index (κ2) is 5.89. The van der Waals surface area contributed by atoms with Crippen molar-refractivity contribution < 1.29 is 0 Å². The van der Waals surface area contributed by atoms with Crippen LogP contribution in [0.1, 0.15) is 18.1 Å². The maximum absolute atomic E-state index is 6.13. The van der Waals surface area contributed by atoms with E-state index < -0.39 is 0 Å². The van der Waals surface area contributed by atoms with E-state index in [0.717, 1.165) is 39.9 Å². The van der Waals surface area contributed by atoms with E-state index in [2.05, 4.69) is 27.5 Å². The van der Waals surface area contributed by atoms with Crippen molar-refractivity contribution in [3.05, 3.63) is 40.7 Å². The van der Waals surface area contributed by atoms with Crippen LogP contribution in [0.25, 0.3) is 0 Å². The summed E-state index contributed by atoms with van der Waals surface area (Å²) in [4.78, 5) is 8.51. The molecule has 2 N–H and O–H groups in total. The van der Waals surface area contributed by atoms with Gasteiger partial charge in [-0.2, -0.15) is 0 Å². The predicted molar refractivity (Wildman–Crippen MR) is 80.4 cm³/mol. The van der Waals surface area contributed by atoms with E-state index in [1.807, 2.05) is 32.2 Å². The molecule has 0 aliphatic rings. The SMILES string of the molecule is CCc1c(NC)ncnc1Nc1ccc(C)c(Cl)c1. The Labute approximate surface area is 118 Å². The number of anilines is 3. The number of aromatic nitrogens is 2. The lowest BCUT2D eigenvalue weighted by atomic mass is 10.2. The fraction of sp³-hybridized carbons (Fsp3) is 0.286. The average molecular weight is 277 g/mol. The van der Waals surface area contributed by atoms with Crippen molar-refractivity contribution >= 4 is 28.9 Å². The van der Waals surface area contributed by atoms with Gasteiger partial charge in [-0.1, -0.05) is 24.6 Å². The van der Waals surface area contributed by atoms with Crippen LogP contribution < -0.4 is 10.6 Å². The summed E-state index contributed by atoms with van der Waals surface area (Å²) >= 11 is 6.13. The highest BCUT2D eigenvalue weighted by Gasteiger charge is 2.09. The Hall–Kier alpha value is -1.81. The number of aryl methyl sites for hydroxylation is 1. The molecule has 0 atom stereocenters. The molecule has 0 amide bonds. The van der Waals surface area contributed by atoms with Crippen LogP contribution in [0.2, 0.25) is 5.02 Å². The molecule has 0 saturated heterocycles. The highest BCUT2D eigenvalue weighted by Crippen LogP contribution is 2.26. The van der Waals surface area contributed by atoms with Gasteiger partial charge in [-0.15, -0.1) is 0 Å². The molecule has 1 heterocycles. The minimum Gasteiger partial charge on any atom is -0.373 e. The third kappa shape index (κ3) is 2.96. The normalized spacial score (nSPS) is 10.3. The van der Waals surface area contributed by atoms with Crippen molar-refractivity contribution in [3.8, 4) is 0 Å². The van der Waals surface area contributed by atoms with Gasteiger partial charge >= 0.3 is 0 Å². The van der Waals surface area contributed by atoms with Gasteiger partial charge in [0.2, 0.25) is 0 Å². The van der Waals surface area contributed by atoms with Gasteiger partial charge in [-0.3, -0.25) is 0 Å². The van der Waals surface area contributed by atoms with Crippen LogP contribution in [-0.4, -0.2) is 17.0 Å². The molecular formula is C14H17ClN4. The molecule has 0 radical (unpaired) electrons. The van der Waals surface area contributed by atoms with Gasteiger partial charge in [0.1, 0.15) is 18.0 Å². The predicted octanol–water partition coefficient (Wildman–Crippen LogP) is 3.79. The summed E-state index contributed by atoms with van der Waals surface area (Å²) in [6, 6.07) is 5.87. The third-order valence-electron chi connectivity index (χ3n) is 2.97. The number of hydrogen-bond donors (Lipinski definition) is 2. The van der Waals surface area contributed by atoms with Crippen LogP contribution in [0.15, 0.2) is 24.5 Å². The Bertz CT molecular complexity index is 584. The molecule has 5 heteroatoms. The van der Waals surface area contributed by atoms with Gasteiger partial charge < -0.3 is 10.6 Å². The molecule has 1 aromatic heterocycles. The Kier molecular flexibility index (Phi) is 4.22. The van der Waals surface area contributed by atoms with E-state index >= 15 is 0 Å². The fourth-order valence-corrected chi connectivity index (χ4v) is 2.06. The van der Waals surface area contributed by atoms with E-state index in [-0.39, 0.29) is 0 Å². The molecule has 0 bridgehead atoms. The molecule has 19 heavy (non-hydrogen) atoms. The van der Waals surface area contributed by atoms with Gasteiger partial charge in [0.25, 0.3) is 0 Å². The lowest BCUT2D eigenvalue weighted by molar-refractivity contribution is 1.05. The Morgan fingerprint density at radius 1 is 1.21 bits per heavy atom. The summed E-state index contributed by atoms with van der Waals surface area (Å²) in [6.45, 7) is 4.06.